The fourth-order valence-electron chi connectivity index (χ4n) is 3.80. The molecule has 1 fully saturated rings. The van der Waals surface area contributed by atoms with Crippen LogP contribution in [0.15, 0.2) is 47.4 Å². The van der Waals surface area contributed by atoms with E-state index in [1.165, 1.54) is 4.31 Å². The monoisotopic (exact) mass is 471 g/mol. The Labute approximate surface area is 196 Å². The summed E-state index contributed by atoms with van der Waals surface area (Å²) in [5.74, 6) is -1.06. The molecule has 0 spiro atoms. The number of piperidine rings is 1. The molecule has 0 atom stereocenters. The number of sulfonamides is 1. The molecule has 1 heterocycles. The lowest BCUT2D eigenvalue weighted by Gasteiger charge is -2.30. The van der Waals surface area contributed by atoms with Gasteiger partial charge in [-0.2, -0.15) is 4.31 Å². The Kier molecular flexibility index (Phi) is 7.29. The van der Waals surface area contributed by atoms with Gasteiger partial charge in [0.25, 0.3) is 5.91 Å². The number of nitrogens with one attached hydrogen (secondary N) is 2. The highest BCUT2D eigenvalue weighted by Gasteiger charge is 2.32. The van der Waals surface area contributed by atoms with Gasteiger partial charge in [0.05, 0.1) is 4.90 Å². The maximum Gasteiger partial charge on any atom is 0.269 e. The highest BCUT2D eigenvalue weighted by Crippen LogP contribution is 2.25. The average molecular weight is 472 g/mol. The van der Waals surface area contributed by atoms with E-state index in [0.29, 0.717) is 18.4 Å². The van der Waals surface area contributed by atoms with Crippen molar-refractivity contribution in [2.45, 2.75) is 57.8 Å². The topological polar surface area (TPSA) is 95.6 Å². The van der Waals surface area contributed by atoms with Crippen LogP contribution in [-0.4, -0.2) is 37.6 Å². The van der Waals surface area contributed by atoms with Gasteiger partial charge in [-0.25, -0.2) is 8.42 Å². The molecule has 0 aliphatic carbocycles. The third-order valence-electron chi connectivity index (χ3n) is 6.25. The Morgan fingerprint density at radius 1 is 0.909 bits per heavy atom. The van der Waals surface area contributed by atoms with Crippen LogP contribution in [0, 0.1) is 19.8 Å². The number of nitrogens with zero attached hydrogens (tertiary/aromatic N) is 1. The Balaban J connectivity index is 1.53. The van der Waals surface area contributed by atoms with Gasteiger partial charge in [-0.15, -0.1) is 0 Å². The van der Waals surface area contributed by atoms with Crippen molar-refractivity contribution in [2.75, 3.05) is 13.1 Å². The molecule has 8 heteroatoms. The quantitative estimate of drug-likeness (QED) is 0.668. The molecule has 2 aromatic rings. The van der Waals surface area contributed by atoms with Gasteiger partial charge in [0.2, 0.25) is 15.9 Å². The van der Waals surface area contributed by atoms with Gasteiger partial charge < -0.3 is 0 Å². The molecule has 33 heavy (non-hydrogen) atoms. The van der Waals surface area contributed by atoms with Crippen LogP contribution in [0.2, 0.25) is 0 Å². The molecule has 2 amide bonds. The summed E-state index contributed by atoms with van der Waals surface area (Å²) in [7, 11) is -3.59. The zero-order chi connectivity index (χ0) is 24.4. The van der Waals surface area contributed by atoms with E-state index in [9.17, 15) is 18.0 Å². The van der Waals surface area contributed by atoms with Crippen molar-refractivity contribution in [2.24, 2.45) is 5.92 Å². The second-order valence-corrected chi connectivity index (χ2v) is 11.6. The Morgan fingerprint density at radius 2 is 1.52 bits per heavy atom. The van der Waals surface area contributed by atoms with Gasteiger partial charge in [-0.05, 0) is 73.1 Å². The number of amides is 2. The molecule has 1 saturated heterocycles. The van der Waals surface area contributed by atoms with E-state index in [-0.39, 0.29) is 35.2 Å². The molecule has 7 nitrogen and oxygen atoms in total. The van der Waals surface area contributed by atoms with Gasteiger partial charge in [0, 0.05) is 24.6 Å². The molecule has 3 rings (SSSR count). The Morgan fingerprint density at radius 3 is 2.06 bits per heavy atom. The highest BCUT2D eigenvalue weighted by atomic mass is 32.2. The minimum atomic E-state index is -3.59. The lowest BCUT2D eigenvalue weighted by atomic mass is 9.87. The van der Waals surface area contributed by atoms with E-state index in [2.05, 4.69) is 31.6 Å². The summed E-state index contributed by atoms with van der Waals surface area (Å²) in [6.45, 7) is 10.6. The van der Waals surface area contributed by atoms with Crippen LogP contribution in [0.5, 0.6) is 0 Å². The van der Waals surface area contributed by atoms with Crippen LogP contribution in [0.4, 0.5) is 0 Å². The number of hydrazine groups is 1. The summed E-state index contributed by atoms with van der Waals surface area (Å²) in [5.41, 5.74) is 8.48. The minimum absolute atomic E-state index is 0.0101. The van der Waals surface area contributed by atoms with Gasteiger partial charge in [-0.1, -0.05) is 39.0 Å². The van der Waals surface area contributed by atoms with E-state index < -0.39 is 15.9 Å². The van der Waals surface area contributed by atoms with Crippen LogP contribution >= 0.6 is 0 Å². The van der Waals surface area contributed by atoms with Crippen LogP contribution in [0.1, 0.15) is 60.7 Å². The molecule has 1 aliphatic rings. The standard InChI is InChI=1S/C25H33N3O4S/c1-17-6-11-22(16-18(17)2)33(31,32)28-14-12-20(13-15-28)24(30)27-26-23(29)19-7-9-21(10-8-19)25(3,4)5/h6-11,16,20H,12-15H2,1-5H3,(H,26,29)(H,27,30). The number of hydrogen-bond donors (Lipinski definition) is 2. The Hall–Kier alpha value is -2.71. The summed E-state index contributed by atoms with van der Waals surface area (Å²) in [6.07, 6.45) is 0.790. The number of rotatable bonds is 4. The van der Waals surface area contributed by atoms with Crippen molar-refractivity contribution in [1.82, 2.24) is 15.2 Å². The van der Waals surface area contributed by atoms with Crippen LogP contribution in [0.3, 0.4) is 0 Å². The lowest BCUT2D eigenvalue weighted by molar-refractivity contribution is -0.126. The number of carbonyl (C=O) groups excluding carboxylic acids is 2. The first-order valence-electron chi connectivity index (χ1n) is 11.2. The molecule has 1 aliphatic heterocycles. The van der Waals surface area contributed by atoms with Crippen molar-refractivity contribution in [3.8, 4) is 0 Å². The van der Waals surface area contributed by atoms with Crippen molar-refractivity contribution >= 4 is 21.8 Å². The fraction of sp³-hybridized carbons (Fsp3) is 0.440. The van der Waals surface area contributed by atoms with E-state index in [1.807, 2.05) is 32.0 Å². The number of hydrogen-bond acceptors (Lipinski definition) is 4. The molecule has 178 valence electrons. The average Bonchev–Trinajstić information content (AvgIpc) is 2.78. The highest BCUT2D eigenvalue weighted by molar-refractivity contribution is 7.89. The smallest absolute Gasteiger partial charge is 0.269 e. The van der Waals surface area contributed by atoms with Crippen molar-refractivity contribution in [3.05, 3.63) is 64.7 Å². The lowest BCUT2D eigenvalue weighted by Crippen LogP contribution is -2.48. The summed E-state index contributed by atoms with van der Waals surface area (Å²) in [5, 5.41) is 0. The molecule has 0 unspecified atom stereocenters. The predicted molar refractivity (Wildman–Crippen MR) is 128 cm³/mol. The summed E-state index contributed by atoms with van der Waals surface area (Å²) >= 11 is 0. The van der Waals surface area contributed by atoms with Gasteiger partial charge in [-0.3, -0.25) is 20.4 Å². The van der Waals surface area contributed by atoms with E-state index >= 15 is 0 Å². The van der Waals surface area contributed by atoms with Crippen LogP contribution < -0.4 is 10.9 Å². The largest absolute Gasteiger partial charge is 0.273 e. The first kappa shape index (κ1) is 24.9. The van der Waals surface area contributed by atoms with Crippen molar-refractivity contribution in [3.63, 3.8) is 0 Å². The first-order chi connectivity index (χ1) is 15.4. The van der Waals surface area contributed by atoms with E-state index in [1.54, 1.807) is 24.3 Å². The number of aryl methyl sites for hydroxylation is 2. The zero-order valence-electron chi connectivity index (χ0n) is 19.9. The molecule has 0 bridgehead atoms. The van der Waals surface area contributed by atoms with Gasteiger partial charge in [0.15, 0.2) is 0 Å². The minimum Gasteiger partial charge on any atom is -0.273 e. The third-order valence-corrected chi connectivity index (χ3v) is 8.15. The van der Waals surface area contributed by atoms with Gasteiger partial charge >= 0.3 is 0 Å². The molecular weight excluding hydrogens is 438 g/mol. The summed E-state index contributed by atoms with van der Waals surface area (Å²) < 4.78 is 27.3. The molecule has 2 aromatic carbocycles. The van der Waals surface area contributed by atoms with Crippen LogP contribution in [-0.2, 0) is 20.2 Å². The Bertz CT molecular complexity index is 1130. The molecule has 0 aromatic heterocycles. The molecular formula is C25H33N3O4S. The fourth-order valence-corrected chi connectivity index (χ4v) is 5.35. The van der Waals surface area contributed by atoms with E-state index in [4.69, 9.17) is 0 Å². The van der Waals surface area contributed by atoms with E-state index in [0.717, 1.165) is 16.7 Å². The maximum absolute atomic E-state index is 13.0. The van der Waals surface area contributed by atoms with Crippen molar-refractivity contribution < 1.29 is 18.0 Å². The second-order valence-electron chi connectivity index (χ2n) is 9.70. The predicted octanol–water partition coefficient (Wildman–Crippen LogP) is 3.46. The van der Waals surface area contributed by atoms with Crippen molar-refractivity contribution in [1.29, 1.82) is 0 Å². The summed E-state index contributed by atoms with van der Waals surface area (Å²) in [4.78, 5) is 25.2. The zero-order valence-corrected chi connectivity index (χ0v) is 20.8. The number of carbonyl (C=O) groups is 2. The second kappa shape index (κ2) is 9.65. The number of benzene rings is 2. The first-order valence-corrected chi connectivity index (χ1v) is 12.6. The normalized spacial score (nSPS) is 15.8. The third kappa shape index (κ3) is 5.81. The van der Waals surface area contributed by atoms with Gasteiger partial charge in [0.1, 0.15) is 0 Å². The molecule has 0 radical (unpaired) electrons. The SMILES string of the molecule is Cc1ccc(S(=O)(=O)N2CCC(C(=O)NNC(=O)c3ccc(C(C)(C)C)cc3)CC2)cc1C. The van der Waals surface area contributed by atoms with Crippen LogP contribution in [0.25, 0.3) is 0 Å². The molecule has 0 saturated carbocycles. The molecule has 2 N–H and O–H groups in total. The summed E-state index contributed by atoms with van der Waals surface area (Å²) in [6, 6.07) is 12.4. The maximum atomic E-state index is 13.0.